The van der Waals surface area contributed by atoms with Gasteiger partial charge in [-0.3, -0.25) is 0 Å². The Kier molecular flexibility index (Phi) is 2.88. The molecule has 0 spiro atoms. The first-order valence-corrected chi connectivity index (χ1v) is 6.36. The summed E-state index contributed by atoms with van der Waals surface area (Å²) in [5, 5.41) is 7.76. The maximum absolute atomic E-state index is 5.83. The summed E-state index contributed by atoms with van der Waals surface area (Å²) in [5.41, 5.74) is 2.53. The Balaban J connectivity index is 2.10. The Morgan fingerprint density at radius 1 is 1.33 bits per heavy atom. The fourth-order valence-electron chi connectivity index (χ4n) is 2.43. The van der Waals surface area contributed by atoms with E-state index in [4.69, 9.17) is 11.6 Å². The number of hydrogen-bond donors (Lipinski definition) is 0. The Morgan fingerprint density at radius 3 is 3.00 bits per heavy atom. The molecule has 0 N–H and O–H groups in total. The van der Waals surface area contributed by atoms with E-state index in [2.05, 4.69) is 45.2 Å². The zero-order valence-corrected chi connectivity index (χ0v) is 10.8. The normalized spacial score (nSPS) is 18.6. The highest BCUT2D eigenvalue weighted by Crippen LogP contribution is 2.35. The molecule has 1 aliphatic heterocycles. The molecule has 0 saturated heterocycles. The number of hydrogen-bond acceptors (Lipinski definition) is 4. The van der Waals surface area contributed by atoms with Crippen molar-refractivity contribution in [2.45, 2.75) is 25.8 Å². The molecule has 5 heteroatoms. The van der Waals surface area contributed by atoms with Crippen LogP contribution in [0, 0.1) is 0 Å². The molecule has 0 aliphatic carbocycles. The van der Waals surface area contributed by atoms with E-state index in [9.17, 15) is 0 Å². The van der Waals surface area contributed by atoms with Gasteiger partial charge in [0.1, 0.15) is 0 Å². The molecule has 4 nitrogen and oxygen atoms in total. The van der Waals surface area contributed by atoms with Crippen LogP contribution in [-0.2, 0) is 6.42 Å². The Hall–Kier alpha value is -1.68. The van der Waals surface area contributed by atoms with Crippen molar-refractivity contribution in [3.05, 3.63) is 41.3 Å². The molecule has 1 aromatic carbocycles. The number of anilines is 2. The average Bonchev–Trinajstić information content (AvgIpc) is 2.38. The van der Waals surface area contributed by atoms with Crippen molar-refractivity contribution >= 4 is 23.1 Å². The second kappa shape index (κ2) is 4.53. The van der Waals surface area contributed by atoms with Crippen molar-refractivity contribution in [1.29, 1.82) is 0 Å². The first-order valence-electron chi connectivity index (χ1n) is 5.98. The van der Waals surface area contributed by atoms with Gasteiger partial charge >= 0.3 is 0 Å². The summed E-state index contributed by atoms with van der Waals surface area (Å²) in [6, 6.07) is 8.76. The first-order chi connectivity index (χ1) is 8.75. The molecule has 1 aliphatic rings. The van der Waals surface area contributed by atoms with Crippen molar-refractivity contribution in [2.24, 2.45) is 0 Å². The lowest BCUT2D eigenvalue weighted by Gasteiger charge is -2.35. The minimum absolute atomic E-state index is 0.183. The SMILES string of the molecule is CC1CCc2ccccc2N1c1cnnc(Cl)n1. The predicted molar refractivity (Wildman–Crippen MR) is 71.2 cm³/mol. The molecule has 0 bridgehead atoms. The van der Waals surface area contributed by atoms with Crippen molar-refractivity contribution in [2.75, 3.05) is 4.90 Å². The number of fused-ring (bicyclic) bond motifs is 1. The largest absolute Gasteiger partial charge is 0.322 e. The van der Waals surface area contributed by atoms with E-state index in [1.165, 1.54) is 11.3 Å². The second-order valence-corrected chi connectivity index (χ2v) is 4.81. The minimum atomic E-state index is 0.183. The van der Waals surface area contributed by atoms with Gasteiger partial charge in [-0.05, 0) is 43.0 Å². The molecule has 0 fully saturated rings. The molecule has 1 unspecified atom stereocenters. The summed E-state index contributed by atoms with van der Waals surface area (Å²) in [7, 11) is 0. The van der Waals surface area contributed by atoms with Gasteiger partial charge in [-0.1, -0.05) is 18.2 Å². The summed E-state index contributed by atoms with van der Waals surface area (Å²) >= 11 is 5.83. The number of nitrogens with zero attached hydrogens (tertiary/aromatic N) is 4. The topological polar surface area (TPSA) is 41.9 Å². The number of aromatic nitrogens is 3. The number of halogens is 1. The van der Waals surface area contributed by atoms with Gasteiger partial charge in [0.25, 0.3) is 0 Å². The molecule has 2 aromatic rings. The Labute approximate surface area is 111 Å². The lowest BCUT2D eigenvalue weighted by Crippen LogP contribution is -2.33. The van der Waals surface area contributed by atoms with Crippen molar-refractivity contribution < 1.29 is 0 Å². The monoisotopic (exact) mass is 260 g/mol. The minimum Gasteiger partial charge on any atom is -0.322 e. The van der Waals surface area contributed by atoms with Crippen LogP contribution in [0.4, 0.5) is 11.5 Å². The smallest absolute Gasteiger partial charge is 0.244 e. The van der Waals surface area contributed by atoms with E-state index < -0.39 is 0 Å². The quantitative estimate of drug-likeness (QED) is 0.791. The molecule has 0 saturated carbocycles. The number of aryl methyl sites for hydroxylation is 1. The summed E-state index contributed by atoms with van der Waals surface area (Å²) in [5.74, 6) is 0.759. The third-order valence-corrected chi connectivity index (χ3v) is 3.45. The standard InChI is InChI=1S/C13H13ClN4/c1-9-6-7-10-4-2-3-5-11(10)18(9)12-8-15-17-13(14)16-12/h2-5,8-9H,6-7H2,1H3. The van der Waals surface area contributed by atoms with E-state index in [0.29, 0.717) is 6.04 Å². The molecule has 1 atom stereocenters. The van der Waals surface area contributed by atoms with Gasteiger partial charge in [0.05, 0.1) is 6.20 Å². The van der Waals surface area contributed by atoms with Gasteiger partial charge in [0.15, 0.2) is 5.82 Å². The number of para-hydroxylation sites is 1. The van der Waals surface area contributed by atoms with Gasteiger partial charge in [-0.2, -0.15) is 10.1 Å². The van der Waals surface area contributed by atoms with Gasteiger partial charge in [-0.25, -0.2) is 0 Å². The zero-order chi connectivity index (χ0) is 12.5. The summed E-state index contributed by atoms with van der Waals surface area (Å²) < 4.78 is 0. The van der Waals surface area contributed by atoms with Crippen molar-refractivity contribution in [3.8, 4) is 0 Å². The second-order valence-electron chi connectivity index (χ2n) is 4.47. The molecule has 3 rings (SSSR count). The molecule has 0 amide bonds. The van der Waals surface area contributed by atoms with Crippen molar-refractivity contribution in [3.63, 3.8) is 0 Å². The Morgan fingerprint density at radius 2 is 2.17 bits per heavy atom. The van der Waals surface area contributed by atoms with E-state index >= 15 is 0 Å². The first kappa shape index (κ1) is 11.4. The van der Waals surface area contributed by atoms with Gasteiger partial charge in [0.2, 0.25) is 5.28 Å². The van der Waals surface area contributed by atoms with Crippen LogP contribution in [0.2, 0.25) is 5.28 Å². The fraction of sp³-hybridized carbons (Fsp3) is 0.308. The van der Waals surface area contributed by atoms with Crippen molar-refractivity contribution in [1.82, 2.24) is 15.2 Å². The third kappa shape index (κ3) is 1.93. The lowest BCUT2D eigenvalue weighted by molar-refractivity contribution is 0.611. The van der Waals surface area contributed by atoms with Crippen LogP contribution in [0.5, 0.6) is 0 Å². The highest BCUT2D eigenvalue weighted by atomic mass is 35.5. The highest BCUT2D eigenvalue weighted by Gasteiger charge is 2.25. The maximum atomic E-state index is 5.83. The molecular formula is C13H13ClN4. The maximum Gasteiger partial charge on any atom is 0.244 e. The van der Waals surface area contributed by atoms with E-state index in [0.717, 1.165) is 18.7 Å². The van der Waals surface area contributed by atoms with Crippen LogP contribution in [0.25, 0.3) is 0 Å². The van der Waals surface area contributed by atoms with Crippen LogP contribution in [0.1, 0.15) is 18.9 Å². The third-order valence-electron chi connectivity index (χ3n) is 3.29. The fourth-order valence-corrected chi connectivity index (χ4v) is 2.56. The molecule has 2 heterocycles. The van der Waals surface area contributed by atoms with Crippen LogP contribution in [-0.4, -0.2) is 21.2 Å². The van der Waals surface area contributed by atoms with Gasteiger partial charge in [0, 0.05) is 11.7 Å². The average molecular weight is 261 g/mol. The van der Waals surface area contributed by atoms with Gasteiger partial charge < -0.3 is 4.90 Å². The molecule has 1 aromatic heterocycles. The van der Waals surface area contributed by atoms with Crippen LogP contribution in [0.15, 0.2) is 30.5 Å². The summed E-state index contributed by atoms with van der Waals surface area (Å²) in [6.07, 6.45) is 3.85. The summed E-state index contributed by atoms with van der Waals surface area (Å²) in [4.78, 5) is 6.44. The highest BCUT2D eigenvalue weighted by molar-refractivity contribution is 6.28. The van der Waals surface area contributed by atoms with E-state index in [1.54, 1.807) is 6.20 Å². The predicted octanol–water partition coefficient (Wildman–Crippen LogP) is 3.00. The van der Waals surface area contributed by atoms with Crippen LogP contribution >= 0.6 is 11.6 Å². The molecular weight excluding hydrogens is 248 g/mol. The van der Waals surface area contributed by atoms with E-state index in [-0.39, 0.29) is 5.28 Å². The van der Waals surface area contributed by atoms with Gasteiger partial charge in [-0.15, -0.1) is 5.10 Å². The Bertz CT molecular complexity index is 572. The lowest BCUT2D eigenvalue weighted by atomic mass is 9.97. The zero-order valence-electron chi connectivity index (χ0n) is 10.0. The van der Waals surface area contributed by atoms with Crippen LogP contribution < -0.4 is 4.90 Å². The molecule has 18 heavy (non-hydrogen) atoms. The van der Waals surface area contributed by atoms with E-state index in [1.807, 2.05) is 6.07 Å². The molecule has 0 radical (unpaired) electrons. The van der Waals surface area contributed by atoms with Crippen LogP contribution in [0.3, 0.4) is 0 Å². The number of benzene rings is 1. The molecule has 92 valence electrons. The number of rotatable bonds is 1. The summed E-state index contributed by atoms with van der Waals surface area (Å²) in [6.45, 7) is 2.19.